The van der Waals surface area contributed by atoms with Crippen molar-refractivity contribution in [3.63, 3.8) is 0 Å². The molecule has 19 heavy (non-hydrogen) atoms. The lowest BCUT2D eigenvalue weighted by molar-refractivity contribution is -0.144. The Labute approximate surface area is 116 Å². The van der Waals surface area contributed by atoms with Crippen LogP contribution in [0.25, 0.3) is 0 Å². The summed E-state index contributed by atoms with van der Waals surface area (Å²) < 4.78 is 39.8. The number of alkyl halides is 3. The number of aromatic nitrogens is 3. The normalized spacial score (nSPS) is 11.8. The van der Waals surface area contributed by atoms with E-state index in [9.17, 15) is 18.0 Å². The van der Waals surface area contributed by atoms with E-state index in [0.717, 1.165) is 4.47 Å². The molecule has 0 aliphatic carbocycles. The summed E-state index contributed by atoms with van der Waals surface area (Å²) in [6.07, 6.45) is -4.83. The largest absolute Gasteiger partial charge is 0.476 e. The van der Waals surface area contributed by atoms with Crippen LogP contribution in [0, 0.1) is 0 Å². The highest BCUT2D eigenvalue weighted by atomic mass is 79.9. The van der Waals surface area contributed by atoms with Gasteiger partial charge in [0.15, 0.2) is 5.69 Å². The minimum absolute atomic E-state index is 0.189. The van der Waals surface area contributed by atoms with Gasteiger partial charge in [0.25, 0.3) is 0 Å². The molecule has 0 saturated heterocycles. The molecule has 1 N–H and O–H groups in total. The minimum atomic E-state index is -4.83. The van der Waals surface area contributed by atoms with Crippen molar-refractivity contribution >= 4 is 33.2 Å². The maximum atomic E-state index is 12.8. The van der Waals surface area contributed by atoms with Crippen LogP contribution < -0.4 is 0 Å². The molecular weight excluding hydrogens is 351 g/mol. The van der Waals surface area contributed by atoms with Gasteiger partial charge in [-0.3, -0.25) is 0 Å². The summed E-state index contributed by atoms with van der Waals surface area (Å²) in [5.74, 6) is -1.76. The Balaban J connectivity index is 2.43. The molecule has 0 aromatic carbocycles. The summed E-state index contributed by atoms with van der Waals surface area (Å²) >= 11 is 4.41. The van der Waals surface area contributed by atoms with Crippen LogP contribution in [0.4, 0.5) is 13.2 Å². The van der Waals surface area contributed by atoms with Gasteiger partial charge in [-0.1, -0.05) is 5.21 Å². The fraction of sp³-hybridized carbons (Fsp3) is 0.222. The Hall–Kier alpha value is -1.42. The second kappa shape index (κ2) is 4.93. The number of hydrogen-bond acceptors (Lipinski definition) is 4. The van der Waals surface area contributed by atoms with E-state index in [-0.39, 0.29) is 6.54 Å². The third-order valence-electron chi connectivity index (χ3n) is 2.13. The van der Waals surface area contributed by atoms with Gasteiger partial charge in [-0.15, -0.1) is 16.4 Å². The Morgan fingerprint density at radius 2 is 2.21 bits per heavy atom. The number of carboxylic acids is 1. The van der Waals surface area contributed by atoms with E-state index in [1.807, 2.05) is 0 Å². The number of thiophene rings is 1. The first kappa shape index (κ1) is 14.0. The number of carboxylic acid groups (broad SMARTS) is 1. The van der Waals surface area contributed by atoms with E-state index in [0.29, 0.717) is 9.56 Å². The predicted molar refractivity (Wildman–Crippen MR) is 63.1 cm³/mol. The van der Waals surface area contributed by atoms with Crippen LogP contribution in [-0.2, 0) is 12.7 Å². The summed E-state index contributed by atoms with van der Waals surface area (Å²) in [7, 11) is 0. The molecule has 102 valence electrons. The first-order chi connectivity index (χ1) is 8.79. The minimum Gasteiger partial charge on any atom is -0.476 e. The van der Waals surface area contributed by atoms with Crippen LogP contribution in [0.5, 0.6) is 0 Å². The van der Waals surface area contributed by atoms with Crippen molar-refractivity contribution in [1.29, 1.82) is 0 Å². The number of nitrogens with zero attached hydrogens (tertiary/aromatic N) is 3. The highest BCUT2D eigenvalue weighted by molar-refractivity contribution is 9.10. The number of carbonyl (C=O) groups is 1. The third kappa shape index (κ3) is 2.95. The maximum absolute atomic E-state index is 12.8. The lowest BCUT2D eigenvalue weighted by atomic mass is 10.3. The van der Waals surface area contributed by atoms with Crippen molar-refractivity contribution in [2.75, 3.05) is 0 Å². The van der Waals surface area contributed by atoms with Crippen LogP contribution in [0.3, 0.4) is 0 Å². The molecule has 0 fully saturated rings. The molecule has 10 heteroatoms. The van der Waals surface area contributed by atoms with Crippen molar-refractivity contribution in [1.82, 2.24) is 15.0 Å². The number of hydrogen-bond donors (Lipinski definition) is 1. The van der Waals surface area contributed by atoms with Crippen LogP contribution in [0.2, 0.25) is 0 Å². The molecule has 5 nitrogen and oxygen atoms in total. The topological polar surface area (TPSA) is 68.0 Å². The molecule has 0 atom stereocenters. The predicted octanol–water partition coefficient (Wildman–Crippen LogP) is 2.87. The Morgan fingerprint density at radius 1 is 1.53 bits per heavy atom. The number of aromatic carboxylic acids is 1. The van der Waals surface area contributed by atoms with Gasteiger partial charge in [0.2, 0.25) is 5.69 Å². The zero-order valence-electron chi connectivity index (χ0n) is 8.98. The van der Waals surface area contributed by atoms with E-state index in [4.69, 9.17) is 5.11 Å². The summed E-state index contributed by atoms with van der Waals surface area (Å²) in [6.45, 7) is -0.189. The molecule has 0 aliphatic rings. The quantitative estimate of drug-likeness (QED) is 0.919. The zero-order chi connectivity index (χ0) is 14.2. The molecule has 0 bridgehead atoms. The summed E-state index contributed by atoms with van der Waals surface area (Å²) in [4.78, 5) is 11.3. The van der Waals surface area contributed by atoms with Crippen LogP contribution in [0.15, 0.2) is 15.9 Å². The van der Waals surface area contributed by atoms with Crippen LogP contribution in [-0.4, -0.2) is 26.1 Å². The first-order valence-electron chi connectivity index (χ1n) is 4.76. The fourth-order valence-electron chi connectivity index (χ4n) is 1.43. The van der Waals surface area contributed by atoms with E-state index in [1.165, 1.54) is 11.3 Å². The van der Waals surface area contributed by atoms with E-state index in [1.54, 1.807) is 11.4 Å². The molecule has 0 aliphatic heterocycles. The molecule has 0 saturated carbocycles. The lowest BCUT2D eigenvalue weighted by Crippen LogP contribution is -2.18. The lowest BCUT2D eigenvalue weighted by Gasteiger charge is -2.09. The highest BCUT2D eigenvalue weighted by Gasteiger charge is 2.41. The standard InChI is InChI=1S/C9H5BrF3N3O2S/c10-4-1-5(19-3-4)2-16-7(9(11,12)13)6(8(17)18)14-15-16/h1,3H,2H2,(H,17,18). The Kier molecular flexibility index (Phi) is 3.63. The second-order valence-corrected chi connectivity index (χ2v) is 5.39. The Morgan fingerprint density at radius 3 is 2.68 bits per heavy atom. The molecule has 2 rings (SSSR count). The fourth-order valence-corrected chi connectivity index (χ4v) is 2.86. The van der Waals surface area contributed by atoms with Crippen molar-refractivity contribution in [2.45, 2.75) is 12.7 Å². The average molecular weight is 356 g/mol. The second-order valence-electron chi connectivity index (χ2n) is 3.48. The summed E-state index contributed by atoms with van der Waals surface area (Å²) in [5.41, 5.74) is -2.45. The Bertz CT molecular complexity index is 622. The number of rotatable bonds is 3. The van der Waals surface area contributed by atoms with E-state index in [2.05, 4.69) is 26.2 Å². The first-order valence-corrected chi connectivity index (χ1v) is 6.43. The van der Waals surface area contributed by atoms with Gasteiger partial charge in [-0.25, -0.2) is 9.48 Å². The third-order valence-corrected chi connectivity index (χ3v) is 3.82. The van der Waals surface area contributed by atoms with Gasteiger partial charge in [0.1, 0.15) is 0 Å². The van der Waals surface area contributed by atoms with Crippen molar-refractivity contribution < 1.29 is 23.1 Å². The average Bonchev–Trinajstić information content (AvgIpc) is 2.84. The summed E-state index contributed by atoms with van der Waals surface area (Å²) in [5, 5.41) is 16.7. The van der Waals surface area contributed by atoms with Crippen LogP contribution in [0.1, 0.15) is 21.1 Å². The molecule has 0 radical (unpaired) electrons. The molecule has 2 heterocycles. The van der Waals surface area contributed by atoms with E-state index >= 15 is 0 Å². The molecule has 0 amide bonds. The number of halogens is 4. The highest BCUT2D eigenvalue weighted by Crippen LogP contribution is 2.32. The van der Waals surface area contributed by atoms with Gasteiger partial charge in [0.05, 0.1) is 6.54 Å². The van der Waals surface area contributed by atoms with E-state index < -0.39 is 23.5 Å². The van der Waals surface area contributed by atoms with Gasteiger partial charge in [-0.05, 0) is 22.0 Å². The van der Waals surface area contributed by atoms with Crippen molar-refractivity contribution in [2.24, 2.45) is 0 Å². The van der Waals surface area contributed by atoms with Gasteiger partial charge in [0, 0.05) is 14.7 Å². The molecular formula is C9H5BrF3N3O2S. The van der Waals surface area contributed by atoms with Gasteiger partial charge in [-0.2, -0.15) is 13.2 Å². The SMILES string of the molecule is O=C(O)c1nnn(Cc2cc(Br)cs2)c1C(F)(F)F. The van der Waals surface area contributed by atoms with Crippen LogP contribution >= 0.6 is 27.3 Å². The monoisotopic (exact) mass is 355 g/mol. The maximum Gasteiger partial charge on any atom is 0.435 e. The van der Waals surface area contributed by atoms with Gasteiger partial charge < -0.3 is 5.11 Å². The molecule has 0 spiro atoms. The molecule has 0 unspecified atom stereocenters. The summed E-state index contributed by atoms with van der Waals surface area (Å²) in [6, 6.07) is 1.63. The van der Waals surface area contributed by atoms with Gasteiger partial charge >= 0.3 is 12.1 Å². The van der Waals surface area contributed by atoms with Crippen molar-refractivity contribution in [3.8, 4) is 0 Å². The molecule has 2 aromatic rings. The molecule has 2 aromatic heterocycles. The smallest absolute Gasteiger partial charge is 0.435 e. The van der Waals surface area contributed by atoms with Crippen molar-refractivity contribution in [3.05, 3.63) is 32.2 Å². The zero-order valence-corrected chi connectivity index (χ0v) is 11.4.